The van der Waals surface area contributed by atoms with Crippen molar-refractivity contribution in [1.82, 2.24) is 4.31 Å². The quantitative estimate of drug-likeness (QED) is 0.617. The van der Waals surface area contributed by atoms with E-state index in [9.17, 15) is 22.4 Å². The van der Waals surface area contributed by atoms with E-state index in [-0.39, 0.29) is 30.8 Å². The Hall–Kier alpha value is -3.18. The van der Waals surface area contributed by atoms with E-state index in [2.05, 4.69) is 5.32 Å². The minimum absolute atomic E-state index is 0.101. The molecule has 11 heteroatoms. The topological polar surface area (TPSA) is 111 Å². The number of rotatable bonds is 6. The molecule has 2 aromatic carbocycles. The van der Waals surface area contributed by atoms with E-state index in [1.54, 1.807) is 6.07 Å². The van der Waals surface area contributed by atoms with Crippen LogP contribution in [0, 0.1) is 11.7 Å². The van der Waals surface area contributed by atoms with Gasteiger partial charge in [0, 0.05) is 24.8 Å². The number of esters is 1. The van der Waals surface area contributed by atoms with Crippen molar-refractivity contribution < 1.29 is 36.6 Å². The predicted octanol–water partition coefficient (Wildman–Crippen LogP) is 2.57. The normalized spacial score (nSPS) is 17.6. The number of fused-ring (bicyclic) bond motifs is 1. The maximum atomic E-state index is 13.0. The summed E-state index contributed by atoms with van der Waals surface area (Å²) < 4.78 is 56.6. The Morgan fingerprint density at radius 2 is 1.71 bits per heavy atom. The van der Waals surface area contributed by atoms with Crippen molar-refractivity contribution in [2.75, 3.05) is 31.6 Å². The van der Waals surface area contributed by atoms with Gasteiger partial charge < -0.3 is 19.5 Å². The number of carbonyl (C=O) groups excluding carboxylic acids is 2. The van der Waals surface area contributed by atoms with Crippen LogP contribution < -0.4 is 14.8 Å². The first-order valence-electron chi connectivity index (χ1n) is 10.9. The number of anilines is 1. The lowest BCUT2D eigenvalue weighted by molar-refractivity contribution is -0.158. The number of nitrogens with zero attached hydrogens (tertiary/aromatic N) is 1. The van der Waals surface area contributed by atoms with Crippen LogP contribution in [-0.2, 0) is 24.3 Å². The summed E-state index contributed by atoms with van der Waals surface area (Å²) in [5, 5.41) is 2.55. The first-order chi connectivity index (χ1) is 16.2. The van der Waals surface area contributed by atoms with Crippen LogP contribution in [0.4, 0.5) is 10.1 Å². The molecule has 2 aliphatic rings. The van der Waals surface area contributed by atoms with Gasteiger partial charge in [0.25, 0.3) is 5.91 Å². The SMILES string of the molecule is C[C@H](OC(=O)C1CCN(S(=O)(=O)c2ccc3c(c2)OCCO3)CC1)C(=O)Nc1ccc(F)cc1. The summed E-state index contributed by atoms with van der Waals surface area (Å²) in [5.74, 6) is -1.16. The summed E-state index contributed by atoms with van der Waals surface area (Å²) in [6.07, 6.45) is -0.513. The van der Waals surface area contributed by atoms with Crippen molar-refractivity contribution in [2.45, 2.75) is 30.8 Å². The molecular weight excluding hydrogens is 467 g/mol. The average Bonchev–Trinajstić information content (AvgIpc) is 2.85. The van der Waals surface area contributed by atoms with Gasteiger partial charge in [-0.1, -0.05) is 0 Å². The van der Waals surface area contributed by atoms with E-state index >= 15 is 0 Å². The second-order valence-electron chi connectivity index (χ2n) is 8.06. The van der Waals surface area contributed by atoms with Crippen LogP contribution in [-0.4, -0.2) is 57.0 Å². The molecule has 0 bridgehead atoms. The van der Waals surface area contributed by atoms with Crippen LogP contribution in [0.3, 0.4) is 0 Å². The van der Waals surface area contributed by atoms with Gasteiger partial charge in [-0.3, -0.25) is 9.59 Å². The van der Waals surface area contributed by atoms with E-state index in [0.29, 0.717) is 30.4 Å². The number of benzene rings is 2. The Kier molecular flexibility index (Phi) is 7.03. The lowest BCUT2D eigenvalue weighted by atomic mass is 9.98. The fourth-order valence-corrected chi connectivity index (χ4v) is 5.25. The predicted molar refractivity (Wildman–Crippen MR) is 119 cm³/mol. The number of piperidine rings is 1. The molecule has 1 atom stereocenters. The summed E-state index contributed by atoms with van der Waals surface area (Å²) in [6.45, 7) is 2.50. The second kappa shape index (κ2) is 9.98. The molecular formula is C23H25FN2O7S. The Labute approximate surface area is 196 Å². The number of amides is 1. The molecule has 0 aliphatic carbocycles. The zero-order valence-electron chi connectivity index (χ0n) is 18.5. The zero-order valence-corrected chi connectivity index (χ0v) is 19.3. The molecule has 4 rings (SSSR count). The number of hydrogen-bond acceptors (Lipinski definition) is 7. The number of ether oxygens (including phenoxy) is 3. The molecule has 182 valence electrons. The molecule has 34 heavy (non-hydrogen) atoms. The molecule has 1 fully saturated rings. The van der Waals surface area contributed by atoms with Crippen LogP contribution in [0.15, 0.2) is 47.4 Å². The minimum atomic E-state index is -3.76. The summed E-state index contributed by atoms with van der Waals surface area (Å²) in [5.41, 5.74) is 0.381. The summed E-state index contributed by atoms with van der Waals surface area (Å²) in [6, 6.07) is 9.72. The van der Waals surface area contributed by atoms with E-state index in [1.807, 2.05) is 0 Å². The maximum absolute atomic E-state index is 13.0. The van der Waals surface area contributed by atoms with Gasteiger partial charge in [0.15, 0.2) is 17.6 Å². The number of sulfonamides is 1. The Balaban J connectivity index is 1.30. The molecule has 1 N–H and O–H groups in total. The largest absolute Gasteiger partial charge is 0.486 e. The van der Waals surface area contributed by atoms with E-state index < -0.39 is 39.7 Å². The Morgan fingerprint density at radius 3 is 2.38 bits per heavy atom. The van der Waals surface area contributed by atoms with Crippen molar-refractivity contribution in [3.63, 3.8) is 0 Å². The van der Waals surface area contributed by atoms with Gasteiger partial charge in [-0.15, -0.1) is 0 Å². The smallest absolute Gasteiger partial charge is 0.309 e. The average molecular weight is 493 g/mol. The molecule has 0 radical (unpaired) electrons. The third kappa shape index (κ3) is 5.31. The first kappa shape index (κ1) is 24.0. The van der Waals surface area contributed by atoms with Crippen molar-refractivity contribution >= 4 is 27.6 Å². The molecule has 2 aromatic rings. The third-order valence-electron chi connectivity index (χ3n) is 5.71. The van der Waals surface area contributed by atoms with Gasteiger partial charge in [0.1, 0.15) is 19.0 Å². The third-order valence-corrected chi connectivity index (χ3v) is 7.61. The van der Waals surface area contributed by atoms with Crippen LogP contribution in [0.25, 0.3) is 0 Å². The number of halogens is 1. The second-order valence-corrected chi connectivity index (χ2v) is 10.00. The molecule has 1 amide bonds. The molecule has 0 aromatic heterocycles. The molecule has 0 unspecified atom stereocenters. The Morgan fingerprint density at radius 1 is 1.06 bits per heavy atom. The van der Waals surface area contributed by atoms with E-state index in [0.717, 1.165) is 0 Å². The molecule has 2 heterocycles. The lowest BCUT2D eigenvalue weighted by Crippen LogP contribution is -2.41. The fourth-order valence-electron chi connectivity index (χ4n) is 3.77. The van der Waals surface area contributed by atoms with Gasteiger partial charge in [-0.05, 0) is 56.2 Å². The van der Waals surface area contributed by atoms with Gasteiger partial charge >= 0.3 is 5.97 Å². The van der Waals surface area contributed by atoms with Crippen LogP contribution in [0.1, 0.15) is 19.8 Å². The van der Waals surface area contributed by atoms with Gasteiger partial charge in [0.05, 0.1) is 10.8 Å². The van der Waals surface area contributed by atoms with Gasteiger partial charge in [-0.25, -0.2) is 12.8 Å². The summed E-state index contributed by atoms with van der Waals surface area (Å²) in [7, 11) is -3.76. The molecule has 2 aliphatic heterocycles. The molecule has 9 nitrogen and oxygen atoms in total. The molecule has 0 spiro atoms. The van der Waals surface area contributed by atoms with Crippen molar-refractivity contribution in [1.29, 1.82) is 0 Å². The van der Waals surface area contributed by atoms with E-state index in [4.69, 9.17) is 14.2 Å². The highest BCUT2D eigenvalue weighted by Crippen LogP contribution is 2.34. The van der Waals surface area contributed by atoms with Crippen molar-refractivity contribution in [2.24, 2.45) is 5.92 Å². The summed E-state index contributed by atoms with van der Waals surface area (Å²) in [4.78, 5) is 24.9. The molecule has 1 saturated heterocycles. The zero-order chi connectivity index (χ0) is 24.3. The summed E-state index contributed by atoms with van der Waals surface area (Å²) >= 11 is 0. The van der Waals surface area contributed by atoms with Crippen molar-refractivity contribution in [3.8, 4) is 11.5 Å². The number of hydrogen-bond donors (Lipinski definition) is 1. The van der Waals surface area contributed by atoms with Gasteiger partial charge in [-0.2, -0.15) is 4.31 Å². The number of carbonyl (C=O) groups is 2. The maximum Gasteiger partial charge on any atom is 0.309 e. The highest BCUT2D eigenvalue weighted by atomic mass is 32.2. The minimum Gasteiger partial charge on any atom is -0.486 e. The van der Waals surface area contributed by atoms with Crippen LogP contribution in [0.2, 0.25) is 0 Å². The Bertz CT molecular complexity index is 1160. The van der Waals surface area contributed by atoms with E-state index in [1.165, 1.54) is 47.6 Å². The molecule has 0 saturated carbocycles. The van der Waals surface area contributed by atoms with Gasteiger partial charge in [0.2, 0.25) is 10.0 Å². The van der Waals surface area contributed by atoms with Crippen LogP contribution in [0.5, 0.6) is 11.5 Å². The van der Waals surface area contributed by atoms with Crippen LogP contribution >= 0.6 is 0 Å². The lowest BCUT2D eigenvalue weighted by Gasteiger charge is -2.30. The standard InChI is InChI=1S/C23H25FN2O7S/c1-15(22(27)25-18-4-2-17(24)3-5-18)33-23(28)16-8-10-26(11-9-16)34(29,30)19-6-7-20-21(14-19)32-13-12-31-20/h2-7,14-16H,8-13H2,1H3,(H,25,27)/t15-/m0/s1. The fraction of sp³-hybridized carbons (Fsp3) is 0.391. The highest BCUT2D eigenvalue weighted by molar-refractivity contribution is 7.89. The number of nitrogens with one attached hydrogen (secondary N) is 1. The highest BCUT2D eigenvalue weighted by Gasteiger charge is 2.34. The van der Waals surface area contributed by atoms with Crippen molar-refractivity contribution in [3.05, 3.63) is 48.3 Å². The monoisotopic (exact) mass is 492 g/mol. The first-order valence-corrected chi connectivity index (χ1v) is 12.3.